The number of aryl methyl sites for hydroxylation is 1. The standard InChI is InChI=1S/C21H20N2O/c1-16-10-12-20(13-11-16)22-21(24)17(2)23-14-6-9-19(15-23)18-7-4-3-5-8-18/h3-15,17H,1-2H3/p+1/t17-/m1/s1. The molecule has 3 heteroatoms. The van der Waals surface area contributed by atoms with E-state index >= 15 is 0 Å². The van der Waals surface area contributed by atoms with Crippen LogP contribution in [-0.2, 0) is 4.79 Å². The minimum Gasteiger partial charge on any atom is -0.320 e. The first-order chi connectivity index (χ1) is 11.6. The fourth-order valence-corrected chi connectivity index (χ4v) is 2.55. The highest BCUT2D eigenvalue weighted by molar-refractivity contribution is 5.92. The number of carbonyl (C=O) groups is 1. The summed E-state index contributed by atoms with van der Waals surface area (Å²) in [5, 5.41) is 2.97. The number of rotatable bonds is 4. The van der Waals surface area contributed by atoms with Crippen LogP contribution in [0.25, 0.3) is 11.1 Å². The molecule has 3 aromatic rings. The number of anilines is 1. The minimum absolute atomic E-state index is 0.0333. The molecule has 0 unspecified atom stereocenters. The van der Waals surface area contributed by atoms with Crippen molar-refractivity contribution < 1.29 is 9.36 Å². The first-order valence-corrected chi connectivity index (χ1v) is 8.07. The second-order valence-corrected chi connectivity index (χ2v) is 5.94. The lowest BCUT2D eigenvalue weighted by Crippen LogP contribution is -2.44. The number of pyridine rings is 1. The Morgan fingerprint density at radius 1 is 0.917 bits per heavy atom. The molecule has 3 nitrogen and oxygen atoms in total. The number of aromatic nitrogens is 1. The van der Waals surface area contributed by atoms with Gasteiger partial charge in [0, 0.05) is 24.2 Å². The van der Waals surface area contributed by atoms with Gasteiger partial charge >= 0.3 is 0 Å². The second kappa shape index (κ2) is 7.09. The van der Waals surface area contributed by atoms with Crippen molar-refractivity contribution >= 4 is 11.6 Å². The number of carbonyl (C=O) groups excluding carboxylic acids is 1. The van der Waals surface area contributed by atoms with E-state index in [0.29, 0.717) is 0 Å². The van der Waals surface area contributed by atoms with E-state index in [0.717, 1.165) is 16.8 Å². The average molecular weight is 317 g/mol. The van der Waals surface area contributed by atoms with E-state index in [1.54, 1.807) is 0 Å². The van der Waals surface area contributed by atoms with Gasteiger partial charge < -0.3 is 5.32 Å². The van der Waals surface area contributed by atoms with E-state index in [-0.39, 0.29) is 11.9 Å². The number of nitrogens with one attached hydrogen (secondary N) is 1. The first kappa shape index (κ1) is 15.9. The molecule has 0 saturated carbocycles. The van der Waals surface area contributed by atoms with Gasteiger partial charge in [-0.15, -0.1) is 0 Å². The first-order valence-electron chi connectivity index (χ1n) is 8.07. The Hall–Kier alpha value is -2.94. The molecular weight excluding hydrogens is 296 g/mol. The molecule has 0 bridgehead atoms. The number of amides is 1. The van der Waals surface area contributed by atoms with Crippen molar-refractivity contribution in [2.75, 3.05) is 5.32 Å². The van der Waals surface area contributed by atoms with Gasteiger partial charge in [-0.1, -0.05) is 48.0 Å². The van der Waals surface area contributed by atoms with Gasteiger partial charge in [0.1, 0.15) is 0 Å². The Morgan fingerprint density at radius 3 is 2.29 bits per heavy atom. The molecule has 0 aliphatic rings. The zero-order valence-electron chi connectivity index (χ0n) is 13.9. The van der Waals surface area contributed by atoms with E-state index in [4.69, 9.17) is 0 Å². The smallest absolute Gasteiger partial charge is 0.293 e. The number of hydrogen-bond donors (Lipinski definition) is 1. The van der Waals surface area contributed by atoms with Gasteiger partial charge in [-0.3, -0.25) is 4.79 Å². The molecule has 1 atom stereocenters. The molecule has 0 aliphatic heterocycles. The molecule has 1 N–H and O–H groups in total. The van der Waals surface area contributed by atoms with Crippen molar-refractivity contribution in [2.24, 2.45) is 0 Å². The molecule has 1 heterocycles. The van der Waals surface area contributed by atoms with Crippen LogP contribution in [-0.4, -0.2) is 5.91 Å². The largest absolute Gasteiger partial charge is 0.320 e. The summed E-state index contributed by atoms with van der Waals surface area (Å²) < 4.78 is 1.94. The van der Waals surface area contributed by atoms with Crippen molar-refractivity contribution in [3.63, 3.8) is 0 Å². The van der Waals surface area contributed by atoms with Gasteiger partial charge in [-0.2, -0.15) is 4.57 Å². The summed E-state index contributed by atoms with van der Waals surface area (Å²) in [7, 11) is 0. The Labute approximate surface area is 142 Å². The van der Waals surface area contributed by atoms with E-state index in [2.05, 4.69) is 23.5 Å². The lowest BCUT2D eigenvalue weighted by atomic mass is 10.1. The van der Waals surface area contributed by atoms with Crippen LogP contribution in [0.2, 0.25) is 0 Å². The highest BCUT2D eigenvalue weighted by Crippen LogP contribution is 2.17. The maximum Gasteiger partial charge on any atom is 0.293 e. The topological polar surface area (TPSA) is 33.0 Å². The van der Waals surface area contributed by atoms with Crippen LogP contribution in [0.3, 0.4) is 0 Å². The number of hydrogen-bond acceptors (Lipinski definition) is 1. The molecule has 1 amide bonds. The summed E-state index contributed by atoms with van der Waals surface area (Å²) in [6, 6.07) is 21.7. The Kier molecular flexibility index (Phi) is 4.71. The van der Waals surface area contributed by atoms with Crippen molar-refractivity contribution in [3.05, 3.63) is 84.7 Å². The Bertz CT molecular complexity index is 826. The van der Waals surface area contributed by atoms with Crippen LogP contribution in [0.5, 0.6) is 0 Å². The molecule has 3 rings (SSSR count). The molecule has 0 radical (unpaired) electrons. The van der Waals surface area contributed by atoms with Gasteiger partial charge in [0.15, 0.2) is 12.4 Å². The van der Waals surface area contributed by atoms with E-state index in [1.807, 2.05) is 79.3 Å². The quantitative estimate of drug-likeness (QED) is 0.721. The predicted octanol–water partition coefficient (Wildman–Crippen LogP) is 4.15. The SMILES string of the molecule is Cc1ccc(NC(=O)[C@@H](C)[n+]2cccc(-c3ccccc3)c2)cc1. The summed E-state index contributed by atoms with van der Waals surface area (Å²) in [4.78, 5) is 12.5. The maximum absolute atomic E-state index is 12.5. The zero-order chi connectivity index (χ0) is 16.9. The van der Waals surface area contributed by atoms with E-state index in [1.165, 1.54) is 5.56 Å². The van der Waals surface area contributed by atoms with Gasteiger partial charge in [0.25, 0.3) is 5.91 Å². The Morgan fingerprint density at radius 2 is 1.58 bits per heavy atom. The summed E-state index contributed by atoms with van der Waals surface area (Å²) in [6.45, 7) is 3.93. The minimum atomic E-state index is -0.296. The molecule has 0 saturated heterocycles. The highest BCUT2D eigenvalue weighted by atomic mass is 16.2. The van der Waals surface area contributed by atoms with Crippen LogP contribution >= 0.6 is 0 Å². The fourth-order valence-electron chi connectivity index (χ4n) is 2.55. The molecule has 0 spiro atoms. The van der Waals surface area contributed by atoms with Crippen LogP contribution in [0.4, 0.5) is 5.69 Å². The van der Waals surface area contributed by atoms with Crippen LogP contribution < -0.4 is 9.88 Å². The Balaban J connectivity index is 1.78. The third kappa shape index (κ3) is 3.69. The predicted molar refractivity (Wildman–Crippen MR) is 96.6 cm³/mol. The molecule has 120 valence electrons. The molecule has 24 heavy (non-hydrogen) atoms. The van der Waals surface area contributed by atoms with Gasteiger partial charge in [-0.05, 0) is 30.7 Å². The van der Waals surface area contributed by atoms with Gasteiger partial charge in [-0.25, -0.2) is 0 Å². The lowest BCUT2D eigenvalue weighted by Gasteiger charge is -2.10. The van der Waals surface area contributed by atoms with Crippen LogP contribution in [0.15, 0.2) is 79.1 Å². The molecule has 0 fully saturated rings. The zero-order valence-corrected chi connectivity index (χ0v) is 13.9. The number of benzene rings is 2. The summed E-state index contributed by atoms with van der Waals surface area (Å²) in [5.41, 5.74) is 4.22. The molecular formula is C21H21N2O+. The fraction of sp³-hybridized carbons (Fsp3) is 0.143. The summed E-state index contributed by atoms with van der Waals surface area (Å²) >= 11 is 0. The second-order valence-electron chi connectivity index (χ2n) is 5.94. The highest BCUT2D eigenvalue weighted by Gasteiger charge is 2.22. The third-order valence-corrected chi connectivity index (χ3v) is 4.08. The van der Waals surface area contributed by atoms with Crippen molar-refractivity contribution in [1.82, 2.24) is 0 Å². The maximum atomic E-state index is 12.5. The van der Waals surface area contributed by atoms with Crippen molar-refractivity contribution in [3.8, 4) is 11.1 Å². The molecule has 2 aromatic carbocycles. The van der Waals surface area contributed by atoms with Gasteiger partial charge in [0.05, 0.1) is 0 Å². The number of nitrogens with zero attached hydrogens (tertiary/aromatic N) is 1. The van der Waals surface area contributed by atoms with Crippen molar-refractivity contribution in [1.29, 1.82) is 0 Å². The van der Waals surface area contributed by atoms with E-state index in [9.17, 15) is 4.79 Å². The summed E-state index contributed by atoms with van der Waals surface area (Å²) in [5.74, 6) is -0.0333. The molecule has 0 aliphatic carbocycles. The third-order valence-electron chi connectivity index (χ3n) is 4.08. The normalized spacial score (nSPS) is 11.8. The van der Waals surface area contributed by atoms with Crippen molar-refractivity contribution in [2.45, 2.75) is 19.9 Å². The summed E-state index contributed by atoms with van der Waals surface area (Å²) in [6.07, 6.45) is 3.93. The van der Waals surface area contributed by atoms with E-state index < -0.39 is 0 Å². The molecule has 1 aromatic heterocycles. The van der Waals surface area contributed by atoms with Crippen LogP contribution in [0.1, 0.15) is 18.5 Å². The van der Waals surface area contributed by atoms with Crippen LogP contribution in [0, 0.1) is 6.92 Å². The average Bonchev–Trinajstić information content (AvgIpc) is 2.64. The monoisotopic (exact) mass is 317 g/mol. The lowest BCUT2D eigenvalue weighted by molar-refractivity contribution is -0.705. The van der Waals surface area contributed by atoms with Gasteiger partial charge in [0.2, 0.25) is 6.04 Å².